The average Bonchev–Trinajstić information content (AvgIpc) is 3.70. The van der Waals surface area contributed by atoms with Crippen LogP contribution in [0.2, 0.25) is 0 Å². The number of fused-ring (bicyclic) bond motifs is 6. The standard InChI is InChI=1S/C52H39NO/c1-34-15-17-35(18-16-34)38-9-8-10-39(31-38)36-19-24-41(25-20-36)53(43-28-29-45-44-11-4-6-13-48(44)52(2,3)49(45)33-43)42-26-21-37(22-27-42)40-23-30-51-47(32-40)46-12-5-7-14-50(46)54-51/h4-33H,1-3H3. The molecule has 2 heteroatoms. The Labute approximate surface area is 316 Å². The van der Waals surface area contributed by atoms with Gasteiger partial charge in [0.25, 0.3) is 0 Å². The van der Waals surface area contributed by atoms with Crippen LogP contribution in [0.15, 0.2) is 186 Å². The third-order valence-electron chi connectivity index (χ3n) is 11.4. The summed E-state index contributed by atoms with van der Waals surface area (Å²) in [5, 5.41) is 2.28. The van der Waals surface area contributed by atoms with Crippen LogP contribution in [-0.4, -0.2) is 0 Å². The van der Waals surface area contributed by atoms with Crippen LogP contribution in [0.5, 0.6) is 0 Å². The summed E-state index contributed by atoms with van der Waals surface area (Å²) in [4.78, 5) is 2.39. The molecule has 1 aromatic heterocycles. The number of aryl methyl sites for hydroxylation is 1. The van der Waals surface area contributed by atoms with Gasteiger partial charge >= 0.3 is 0 Å². The second-order valence-corrected chi connectivity index (χ2v) is 15.1. The highest BCUT2D eigenvalue weighted by molar-refractivity contribution is 6.06. The molecule has 1 heterocycles. The van der Waals surface area contributed by atoms with Gasteiger partial charge in [-0.05, 0) is 123 Å². The Hall–Kier alpha value is -6.64. The molecule has 1 aliphatic rings. The topological polar surface area (TPSA) is 16.4 Å². The highest BCUT2D eigenvalue weighted by atomic mass is 16.3. The Morgan fingerprint density at radius 1 is 0.389 bits per heavy atom. The minimum absolute atomic E-state index is 0.0975. The maximum absolute atomic E-state index is 6.12. The minimum atomic E-state index is -0.0975. The van der Waals surface area contributed by atoms with E-state index in [1.165, 1.54) is 61.2 Å². The van der Waals surface area contributed by atoms with Gasteiger partial charge in [-0.3, -0.25) is 0 Å². The Kier molecular flexibility index (Phi) is 7.42. The number of benzene rings is 8. The van der Waals surface area contributed by atoms with Crippen LogP contribution in [0.1, 0.15) is 30.5 Å². The second-order valence-electron chi connectivity index (χ2n) is 15.1. The van der Waals surface area contributed by atoms with Gasteiger partial charge in [-0.25, -0.2) is 0 Å². The summed E-state index contributed by atoms with van der Waals surface area (Å²) in [6.07, 6.45) is 0. The van der Waals surface area contributed by atoms with E-state index in [9.17, 15) is 0 Å². The molecule has 0 saturated heterocycles. The van der Waals surface area contributed by atoms with E-state index in [1.54, 1.807) is 0 Å². The first-order chi connectivity index (χ1) is 26.4. The summed E-state index contributed by atoms with van der Waals surface area (Å²) in [5.74, 6) is 0. The van der Waals surface area contributed by atoms with E-state index >= 15 is 0 Å². The second kappa shape index (κ2) is 12.5. The van der Waals surface area contributed by atoms with Crippen molar-refractivity contribution in [3.8, 4) is 44.5 Å². The van der Waals surface area contributed by atoms with Gasteiger partial charge in [0.15, 0.2) is 0 Å². The summed E-state index contributed by atoms with van der Waals surface area (Å²) in [6.45, 7) is 6.82. The van der Waals surface area contributed by atoms with Crippen molar-refractivity contribution >= 4 is 39.0 Å². The lowest BCUT2D eigenvalue weighted by molar-refractivity contribution is 0.660. The van der Waals surface area contributed by atoms with E-state index in [2.05, 4.69) is 196 Å². The number of furan rings is 1. The van der Waals surface area contributed by atoms with Crippen molar-refractivity contribution in [2.45, 2.75) is 26.2 Å². The number of anilines is 3. The number of rotatable bonds is 6. The van der Waals surface area contributed by atoms with Crippen LogP contribution in [0, 0.1) is 6.92 Å². The van der Waals surface area contributed by atoms with Crippen molar-refractivity contribution in [1.29, 1.82) is 0 Å². The van der Waals surface area contributed by atoms with E-state index in [1.807, 2.05) is 12.1 Å². The molecule has 0 spiro atoms. The average molecular weight is 694 g/mol. The molecule has 2 nitrogen and oxygen atoms in total. The highest BCUT2D eigenvalue weighted by Crippen LogP contribution is 2.50. The molecule has 10 rings (SSSR count). The van der Waals surface area contributed by atoms with Crippen molar-refractivity contribution in [2.75, 3.05) is 4.90 Å². The Morgan fingerprint density at radius 2 is 0.926 bits per heavy atom. The van der Waals surface area contributed by atoms with E-state index < -0.39 is 0 Å². The number of nitrogens with zero attached hydrogens (tertiary/aromatic N) is 1. The number of hydrogen-bond donors (Lipinski definition) is 0. The zero-order valence-electron chi connectivity index (χ0n) is 30.7. The molecule has 0 fully saturated rings. The van der Waals surface area contributed by atoms with Gasteiger partial charge in [0.05, 0.1) is 0 Å². The highest BCUT2D eigenvalue weighted by Gasteiger charge is 2.35. The molecule has 8 aromatic carbocycles. The number of hydrogen-bond acceptors (Lipinski definition) is 2. The van der Waals surface area contributed by atoms with Gasteiger partial charge in [0.2, 0.25) is 0 Å². The van der Waals surface area contributed by atoms with Crippen molar-refractivity contribution in [2.24, 2.45) is 0 Å². The molecule has 0 saturated carbocycles. The van der Waals surface area contributed by atoms with Crippen LogP contribution < -0.4 is 4.90 Å². The van der Waals surface area contributed by atoms with Crippen molar-refractivity contribution in [1.82, 2.24) is 0 Å². The first-order valence-corrected chi connectivity index (χ1v) is 18.7. The summed E-state index contributed by atoms with van der Waals surface area (Å²) in [6, 6.07) is 66.2. The van der Waals surface area contributed by atoms with Crippen LogP contribution in [0.3, 0.4) is 0 Å². The smallest absolute Gasteiger partial charge is 0.135 e. The van der Waals surface area contributed by atoms with Gasteiger partial charge in [-0.15, -0.1) is 0 Å². The van der Waals surface area contributed by atoms with Gasteiger partial charge in [0.1, 0.15) is 11.2 Å². The quantitative estimate of drug-likeness (QED) is 0.172. The summed E-state index contributed by atoms with van der Waals surface area (Å²) >= 11 is 0. The molecule has 1 aliphatic carbocycles. The van der Waals surface area contributed by atoms with Crippen LogP contribution in [0.4, 0.5) is 17.1 Å². The molecular formula is C52H39NO. The zero-order valence-corrected chi connectivity index (χ0v) is 30.7. The van der Waals surface area contributed by atoms with Gasteiger partial charge in [-0.2, -0.15) is 0 Å². The Bertz CT molecular complexity index is 2840. The summed E-state index contributed by atoms with van der Waals surface area (Å²) in [5.41, 5.74) is 18.9. The van der Waals surface area contributed by atoms with E-state index in [0.717, 1.165) is 39.0 Å². The molecule has 0 atom stereocenters. The van der Waals surface area contributed by atoms with Crippen molar-refractivity contribution < 1.29 is 4.42 Å². The maximum Gasteiger partial charge on any atom is 0.135 e. The van der Waals surface area contributed by atoms with Crippen LogP contribution in [-0.2, 0) is 5.41 Å². The molecule has 258 valence electrons. The molecule has 0 unspecified atom stereocenters. The van der Waals surface area contributed by atoms with E-state index in [-0.39, 0.29) is 5.41 Å². The van der Waals surface area contributed by atoms with Gasteiger partial charge in [-0.1, -0.05) is 141 Å². The molecule has 0 amide bonds. The van der Waals surface area contributed by atoms with Gasteiger partial charge in [0, 0.05) is 33.2 Å². The third-order valence-corrected chi connectivity index (χ3v) is 11.4. The molecule has 0 radical (unpaired) electrons. The zero-order chi connectivity index (χ0) is 36.4. The molecule has 54 heavy (non-hydrogen) atoms. The molecule has 0 N–H and O–H groups in total. The molecule has 0 bridgehead atoms. The fraction of sp³-hybridized carbons (Fsp3) is 0.0769. The summed E-state index contributed by atoms with van der Waals surface area (Å²) in [7, 11) is 0. The predicted molar refractivity (Wildman–Crippen MR) is 227 cm³/mol. The van der Waals surface area contributed by atoms with Crippen molar-refractivity contribution in [3.63, 3.8) is 0 Å². The SMILES string of the molecule is Cc1ccc(-c2cccc(-c3ccc(N(c4ccc(-c5ccc6oc7ccccc7c6c5)cc4)c4ccc5c(c4)C(C)(C)c4ccccc4-5)cc3)c2)cc1. The first kappa shape index (κ1) is 32.0. The lowest BCUT2D eigenvalue weighted by Crippen LogP contribution is -2.16. The molecule has 9 aromatic rings. The molecular weight excluding hydrogens is 655 g/mol. The first-order valence-electron chi connectivity index (χ1n) is 18.7. The van der Waals surface area contributed by atoms with Crippen LogP contribution in [0.25, 0.3) is 66.4 Å². The van der Waals surface area contributed by atoms with Crippen LogP contribution >= 0.6 is 0 Å². The fourth-order valence-electron chi connectivity index (χ4n) is 8.41. The largest absolute Gasteiger partial charge is 0.456 e. The van der Waals surface area contributed by atoms with E-state index in [0.29, 0.717) is 0 Å². The molecule has 0 aliphatic heterocycles. The Morgan fingerprint density at radius 3 is 1.63 bits per heavy atom. The maximum atomic E-state index is 6.12. The van der Waals surface area contributed by atoms with Crippen molar-refractivity contribution in [3.05, 3.63) is 199 Å². The normalized spacial score (nSPS) is 12.9. The monoisotopic (exact) mass is 693 g/mol. The lowest BCUT2D eigenvalue weighted by Gasteiger charge is -2.28. The summed E-state index contributed by atoms with van der Waals surface area (Å²) < 4.78 is 6.12. The van der Waals surface area contributed by atoms with Gasteiger partial charge < -0.3 is 9.32 Å². The predicted octanol–water partition coefficient (Wildman–Crippen LogP) is 14.7. The fourth-order valence-corrected chi connectivity index (χ4v) is 8.41. The third kappa shape index (κ3) is 5.33. The minimum Gasteiger partial charge on any atom is -0.456 e. The van der Waals surface area contributed by atoms with E-state index in [4.69, 9.17) is 4.42 Å². The Balaban J connectivity index is 1.05. The lowest BCUT2D eigenvalue weighted by atomic mass is 9.82. The number of para-hydroxylation sites is 1.